The van der Waals surface area contributed by atoms with Gasteiger partial charge in [-0.05, 0) is 30.2 Å². The lowest BCUT2D eigenvalue weighted by atomic mass is 10.0. The van der Waals surface area contributed by atoms with Crippen molar-refractivity contribution >= 4 is 35.1 Å². The number of hydrogen-bond donors (Lipinski definition) is 2. The second-order valence-corrected chi connectivity index (χ2v) is 5.56. The van der Waals surface area contributed by atoms with Gasteiger partial charge in [0.05, 0.1) is 0 Å². The highest BCUT2D eigenvalue weighted by Crippen LogP contribution is 2.20. The fourth-order valence-electron chi connectivity index (χ4n) is 1.66. The molecule has 0 fully saturated rings. The minimum Gasteiger partial charge on any atom is -0.480 e. The van der Waals surface area contributed by atoms with Gasteiger partial charge >= 0.3 is 5.97 Å². The number of hydrogen-bond acceptors (Lipinski definition) is 2. The number of carboxylic acids is 1. The van der Waals surface area contributed by atoms with Crippen molar-refractivity contribution in [1.29, 1.82) is 0 Å². The van der Waals surface area contributed by atoms with E-state index in [4.69, 9.17) is 23.2 Å². The molecule has 6 heteroatoms. The number of carbonyl (C=O) groups is 2. The van der Waals surface area contributed by atoms with Gasteiger partial charge in [-0.15, -0.1) is 0 Å². The maximum atomic E-state index is 11.8. The van der Waals surface area contributed by atoms with Gasteiger partial charge in [0.25, 0.3) is 0 Å². The van der Waals surface area contributed by atoms with E-state index < -0.39 is 12.0 Å². The van der Waals surface area contributed by atoms with E-state index in [0.717, 1.165) is 0 Å². The monoisotopic (exact) mass is 317 g/mol. The molecule has 4 nitrogen and oxygen atoms in total. The van der Waals surface area contributed by atoms with E-state index in [-0.39, 0.29) is 18.2 Å². The predicted octanol–water partition coefficient (Wildman–Crippen LogP) is 3.15. The zero-order valence-corrected chi connectivity index (χ0v) is 12.8. The summed E-state index contributed by atoms with van der Waals surface area (Å²) in [6.07, 6.45) is 0.791. The van der Waals surface area contributed by atoms with Gasteiger partial charge in [-0.25, -0.2) is 4.79 Å². The van der Waals surface area contributed by atoms with Gasteiger partial charge in [0.15, 0.2) is 0 Å². The zero-order chi connectivity index (χ0) is 15.3. The first-order chi connectivity index (χ1) is 9.33. The van der Waals surface area contributed by atoms with Crippen molar-refractivity contribution in [3.8, 4) is 0 Å². The summed E-state index contributed by atoms with van der Waals surface area (Å²) >= 11 is 11.7. The molecule has 1 aromatic carbocycles. The molecule has 1 aromatic rings. The van der Waals surface area contributed by atoms with E-state index in [9.17, 15) is 14.7 Å². The average molecular weight is 318 g/mol. The van der Waals surface area contributed by atoms with Crippen LogP contribution in [0.2, 0.25) is 10.0 Å². The molecule has 2 N–H and O–H groups in total. The van der Waals surface area contributed by atoms with Crippen LogP contribution in [0.5, 0.6) is 0 Å². The Morgan fingerprint density at radius 1 is 1.25 bits per heavy atom. The predicted molar refractivity (Wildman–Crippen MR) is 79.2 cm³/mol. The van der Waals surface area contributed by atoms with E-state index in [1.54, 1.807) is 25.1 Å². The quantitative estimate of drug-likeness (QED) is 0.847. The summed E-state index contributed by atoms with van der Waals surface area (Å²) in [5.74, 6) is -1.58. The Kier molecular flexibility index (Phi) is 6.30. The lowest BCUT2D eigenvalue weighted by molar-refractivity contribution is -0.142. The van der Waals surface area contributed by atoms with Crippen LogP contribution in [0.25, 0.3) is 0 Å². The van der Waals surface area contributed by atoms with Gasteiger partial charge in [0.2, 0.25) is 5.91 Å². The van der Waals surface area contributed by atoms with Crippen molar-refractivity contribution in [3.63, 3.8) is 0 Å². The number of carbonyl (C=O) groups excluding carboxylic acids is 1. The molecule has 0 aliphatic carbocycles. The van der Waals surface area contributed by atoms with Crippen molar-refractivity contribution < 1.29 is 14.7 Å². The molecule has 1 amide bonds. The number of halogens is 2. The molecule has 110 valence electrons. The first-order valence-corrected chi connectivity index (χ1v) is 7.07. The van der Waals surface area contributed by atoms with Crippen molar-refractivity contribution in [2.75, 3.05) is 0 Å². The molecule has 1 rings (SSSR count). The molecular weight excluding hydrogens is 301 g/mol. The van der Waals surface area contributed by atoms with Crippen LogP contribution in [0.4, 0.5) is 0 Å². The summed E-state index contributed by atoms with van der Waals surface area (Å²) in [5.41, 5.74) is 0.666. The fraction of sp³-hybridized carbons (Fsp3) is 0.429. The van der Waals surface area contributed by atoms with Crippen molar-refractivity contribution in [1.82, 2.24) is 5.32 Å². The molecule has 0 heterocycles. The molecule has 0 aliphatic heterocycles. The van der Waals surface area contributed by atoms with E-state index in [2.05, 4.69) is 5.32 Å². The molecule has 0 saturated carbocycles. The molecule has 20 heavy (non-hydrogen) atoms. The van der Waals surface area contributed by atoms with E-state index in [1.165, 1.54) is 0 Å². The first kappa shape index (κ1) is 16.8. The minimum atomic E-state index is -1.09. The molecule has 0 spiro atoms. The topological polar surface area (TPSA) is 66.4 Å². The van der Waals surface area contributed by atoms with E-state index >= 15 is 0 Å². The van der Waals surface area contributed by atoms with Crippen LogP contribution in [0.15, 0.2) is 18.2 Å². The molecule has 2 unspecified atom stereocenters. The van der Waals surface area contributed by atoms with Crippen molar-refractivity contribution in [3.05, 3.63) is 33.8 Å². The lowest BCUT2D eigenvalue weighted by Crippen LogP contribution is -2.44. The molecular formula is C14H17Cl2NO3. The van der Waals surface area contributed by atoms with Crippen molar-refractivity contribution in [2.24, 2.45) is 5.92 Å². The molecule has 0 radical (unpaired) electrons. The molecule has 0 saturated heterocycles. The third-order valence-electron chi connectivity index (χ3n) is 3.04. The van der Waals surface area contributed by atoms with Gasteiger partial charge in [0.1, 0.15) is 6.04 Å². The van der Waals surface area contributed by atoms with Gasteiger partial charge in [-0.2, -0.15) is 0 Å². The summed E-state index contributed by atoms with van der Waals surface area (Å²) in [6.45, 7) is 3.63. The highest BCUT2D eigenvalue weighted by Gasteiger charge is 2.22. The summed E-state index contributed by atoms with van der Waals surface area (Å²) < 4.78 is 0. The molecule has 0 bridgehead atoms. The Balaban J connectivity index is 2.82. The molecule has 0 aliphatic rings. The number of nitrogens with one attached hydrogen (secondary N) is 1. The summed E-state index contributed by atoms with van der Waals surface area (Å²) in [7, 11) is 0. The minimum absolute atomic E-state index is 0.137. The molecule has 2 atom stereocenters. The second kappa shape index (κ2) is 7.50. The normalized spacial score (nSPS) is 13.6. The van der Waals surface area contributed by atoms with Gasteiger partial charge in [-0.1, -0.05) is 37.0 Å². The van der Waals surface area contributed by atoms with E-state index in [0.29, 0.717) is 22.0 Å². The Morgan fingerprint density at radius 2 is 1.80 bits per heavy atom. The first-order valence-electron chi connectivity index (χ1n) is 6.31. The fourth-order valence-corrected chi connectivity index (χ4v) is 2.24. The third-order valence-corrected chi connectivity index (χ3v) is 3.47. The number of amides is 1. The van der Waals surface area contributed by atoms with Crippen LogP contribution in [0.1, 0.15) is 25.8 Å². The standard InChI is InChI=1S/C14H17Cl2NO3/c1-3-8(2)13(18)17-12(14(19)20)6-9-4-10(15)7-11(16)5-9/h4-5,7-8,12H,3,6H2,1-2H3,(H,17,18)(H,19,20). The Bertz CT molecular complexity index is 485. The van der Waals surface area contributed by atoms with Crippen molar-refractivity contribution in [2.45, 2.75) is 32.7 Å². The van der Waals surface area contributed by atoms with Crippen LogP contribution in [0, 0.1) is 5.92 Å². The van der Waals surface area contributed by atoms with Gasteiger partial charge in [0, 0.05) is 22.4 Å². The average Bonchev–Trinajstić information content (AvgIpc) is 2.35. The van der Waals surface area contributed by atoms with Crippen LogP contribution in [0.3, 0.4) is 0 Å². The molecule has 0 aromatic heterocycles. The number of rotatable bonds is 6. The van der Waals surface area contributed by atoms with Crippen LogP contribution < -0.4 is 5.32 Å². The Morgan fingerprint density at radius 3 is 2.25 bits per heavy atom. The highest BCUT2D eigenvalue weighted by atomic mass is 35.5. The second-order valence-electron chi connectivity index (χ2n) is 4.69. The van der Waals surface area contributed by atoms with Crippen LogP contribution >= 0.6 is 23.2 Å². The number of benzene rings is 1. The maximum Gasteiger partial charge on any atom is 0.326 e. The zero-order valence-electron chi connectivity index (χ0n) is 11.3. The summed E-state index contributed by atoms with van der Waals surface area (Å²) in [6, 6.07) is 3.85. The maximum absolute atomic E-state index is 11.8. The Hall–Kier alpha value is -1.26. The summed E-state index contributed by atoms with van der Waals surface area (Å²) in [5, 5.41) is 12.6. The van der Waals surface area contributed by atoms with Gasteiger partial charge in [-0.3, -0.25) is 4.79 Å². The SMILES string of the molecule is CCC(C)C(=O)NC(Cc1cc(Cl)cc(Cl)c1)C(=O)O. The van der Waals surface area contributed by atoms with Gasteiger partial charge < -0.3 is 10.4 Å². The largest absolute Gasteiger partial charge is 0.480 e. The van der Waals surface area contributed by atoms with Crippen LogP contribution in [-0.4, -0.2) is 23.0 Å². The summed E-state index contributed by atoms with van der Waals surface area (Å²) in [4.78, 5) is 23.0. The smallest absolute Gasteiger partial charge is 0.326 e. The number of aliphatic carboxylic acids is 1. The number of carboxylic acid groups (broad SMARTS) is 1. The third kappa shape index (κ3) is 5.02. The Labute approximate surface area is 128 Å². The van der Waals surface area contributed by atoms with E-state index in [1.807, 2.05) is 6.92 Å². The highest BCUT2D eigenvalue weighted by molar-refractivity contribution is 6.34. The van der Waals surface area contributed by atoms with Crippen LogP contribution in [-0.2, 0) is 16.0 Å². The lowest BCUT2D eigenvalue weighted by Gasteiger charge is -2.17.